The van der Waals surface area contributed by atoms with Gasteiger partial charge in [0.25, 0.3) is 0 Å². The van der Waals surface area contributed by atoms with Crippen LogP contribution in [0.2, 0.25) is 0 Å². The van der Waals surface area contributed by atoms with Crippen molar-refractivity contribution in [2.75, 3.05) is 45.8 Å². The lowest BCUT2D eigenvalue weighted by molar-refractivity contribution is -0.148. The fourth-order valence-electron chi connectivity index (χ4n) is 9.76. The highest BCUT2D eigenvalue weighted by Crippen LogP contribution is 2.26. The molecule has 10 amide bonds. The molecule has 20 N–H and O–H groups in total. The van der Waals surface area contributed by atoms with Gasteiger partial charge in [0, 0.05) is 19.6 Å². The molecule has 0 aromatic carbocycles. The van der Waals surface area contributed by atoms with Gasteiger partial charge in [-0.25, -0.2) is 0 Å². The molecule has 27 nitrogen and oxygen atoms in total. The number of hydrogen-bond donors (Lipinski definition) is 14. The average Bonchev–Trinajstić information content (AvgIpc) is 4.13. The maximum Gasteiger partial charge on any atom is 0.246 e. The minimum Gasteiger partial charge on any atom is -0.370 e. The van der Waals surface area contributed by atoms with E-state index >= 15 is 0 Å². The summed E-state index contributed by atoms with van der Waals surface area (Å²) in [6.07, 6.45) is 5.65. The number of nitrogens with one attached hydrogen (secondary N) is 8. The summed E-state index contributed by atoms with van der Waals surface area (Å²) in [5.74, 6) is -7.48. The Kier molecular flexibility index (Phi) is 29.4. The second-order valence-electron chi connectivity index (χ2n) is 21.0. The van der Waals surface area contributed by atoms with Gasteiger partial charge in [0.05, 0.1) is 0 Å². The van der Waals surface area contributed by atoms with Crippen LogP contribution < -0.4 is 76.9 Å². The fraction of sp³-hybridized carbons (Fsp3) is 0.784. The molecule has 0 aromatic rings. The molecular weight excluding hydrogens is 1010 g/mol. The zero-order chi connectivity index (χ0) is 57.9. The van der Waals surface area contributed by atoms with Gasteiger partial charge >= 0.3 is 0 Å². The van der Waals surface area contributed by atoms with E-state index in [0.717, 1.165) is 0 Å². The van der Waals surface area contributed by atoms with Gasteiger partial charge in [-0.05, 0) is 162 Å². The van der Waals surface area contributed by atoms with Gasteiger partial charge in [-0.15, -0.1) is 0 Å². The van der Waals surface area contributed by atoms with E-state index in [-0.39, 0.29) is 83.6 Å². The first kappa shape index (κ1) is 66.1. The number of unbranched alkanes of at least 4 members (excludes halogenated alkanes) is 4. The van der Waals surface area contributed by atoms with Crippen LogP contribution in [0.3, 0.4) is 0 Å². The molecule has 78 heavy (non-hydrogen) atoms. The molecule has 0 saturated carbocycles. The molecule has 0 aliphatic carbocycles. The second-order valence-corrected chi connectivity index (χ2v) is 21.0. The van der Waals surface area contributed by atoms with Gasteiger partial charge in [-0.3, -0.25) is 52.9 Å². The topological polar surface area (TPSA) is 442 Å². The van der Waals surface area contributed by atoms with Crippen molar-refractivity contribution in [3.05, 3.63) is 0 Å². The number of carbonyl (C=O) groups is 10. The third kappa shape index (κ3) is 21.2. The minimum absolute atomic E-state index is 0.0288. The first-order valence-electron chi connectivity index (χ1n) is 28.1. The molecule has 3 heterocycles. The number of amides is 10. The van der Waals surface area contributed by atoms with Crippen LogP contribution in [0, 0.1) is 5.92 Å². The van der Waals surface area contributed by atoms with E-state index in [4.69, 9.17) is 34.4 Å². The summed E-state index contributed by atoms with van der Waals surface area (Å²) in [6.45, 7) is 7.92. The number of guanidine groups is 1. The van der Waals surface area contributed by atoms with Gasteiger partial charge in [-0.1, -0.05) is 13.8 Å². The predicted octanol–water partition coefficient (Wildman–Crippen LogP) is -3.87. The number of aliphatic imine (C=N–C) groups is 1. The lowest BCUT2D eigenvalue weighted by Gasteiger charge is -2.33. The molecule has 442 valence electrons. The van der Waals surface area contributed by atoms with Crippen molar-refractivity contribution in [1.29, 1.82) is 0 Å². The Hall–Kier alpha value is -6.19. The van der Waals surface area contributed by atoms with Crippen LogP contribution in [0.4, 0.5) is 0 Å². The van der Waals surface area contributed by atoms with Crippen molar-refractivity contribution in [3.63, 3.8) is 0 Å². The average molecular weight is 1100 g/mol. The summed E-state index contributed by atoms with van der Waals surface area (Å²) < 4.78 is 0. The Morgan fingerprint density at radius 1 is 0.449 bits per heavy atom. The third-order valence-electron chi connectivity index (χ3n) is 14.3. The van der Waals surface area contributed by atoms with Crippen LogP contribution in [0.25, 0.3) is 0 Å². The van der Waals surface area contributed by atoms with Gasteiger partial charge in [0.2, 0.25) is 59.1 Å². The molecule has 27 heteroatoms. The Morgan fingerprint density at radius 3 is 1.23 bits per heavy atom. The number of nitrogens with zero attached hydrogens (tertiary/aromatic N) is 3. The number of fused-ring (bicyclic) bond motifs is 2. The van der Waals surface area contributed by atoms with E-state index in [1.54, 1.807) is 13.8 Å². The predicted molar refractivity (Wildman–Crippen MR) is 293 cm³/mol. The first-order valence-corrected chi connectivity index (χ1v) is 28.1. The van der Waals surface area contributed by atoms with Crippen LogP contribution in [0.1, 0.15) is 143 Å². The van der Waals surface area contributed by atoms with Crippen molar-refractivity contribution >= 4 is 65.0 Å². The molecular formula is C51H93N17O10. The standard InChI is InChI=1S/C51H93N17O10/c1-30(2)40-48(76)65-37(20-13-27-58-51(56)57)45(73)64-35(18-7-11-25-54)44(72)63-34(17-6-10-24-53)43(71)62-33(16-5-9-23-52)42(70)60-32(4)49(77)68-29-15-22-39(68)50(78)67-28-14-21-38(67)47(75)59-31(3)41(69)61-36(46(74)66-40)19-8-12-26-55/h30-40H,5-29,52-55H2,1-4H3,(H,59,75)(H,60,70)(H,61,69)(H,62,71)(H,63,72)(H,64,73)(H,65,76)(H,66,74)(H4,56,57,58)/t31-,32-,33-,34-,35-,36-,37-,38-,39+,40-/m0/s1. The van der Waals surface area contributed by atoms with Gasteiger partial charge in [-0.2, -0.15) is 0 Å². The van der Waals surface area contributed by atoms with Crippen LogP contribution >= 0.6 is 0 Å². The molecule has 0 spiro atoms. The van der Waals surface area contributed by atoms with E-state index in [1.165, 1.54) is 23.6 Å². The number of carbonyl (C=O) groups excluding carboxylic acids is 10. The largest absolute Gasteiger partial charge is 0.370 e. The second kappa shape index (κ2) is 34.6. The highest BCUT2D eigenvalue weighted by Gasteiger charge is 2.44. The van der Waals surface area contributed by atoms with Crippen LogP contribution in [-0.4, -0.2) is 181 Å². The molecule has 3 aliphatic heterocycles. The molecule has 10 atom stereocenters. The van der Waals surface area contributed by atoms with Gasteiger partial charge in [0.15, 0.2) is 5.96 Å². The van der Waals surface area contributed by atoms with Crippen molar-refractivity contribution < 1.29 is 47.9 Å². The third-order valence-corrected chi connectivity index (χ3v) is 14.3. The summed E-state index contributed by atoms with van der Waals surface area (Å²) in [5.41, 5.74) is 34.3. The van der Waals surface area contributed by atoms with Crippen molar-refractivity contribution in [2.45, 2.75) is 204 Å². The number of rotatable bonds is 21. The van der Waals surface area contributed by atoms with Crippen molar-refractivity contribution in [1.82, 2.24) is 52.3 Å². The van der Waals surface area contributed by atoms with Crippen LogP contribution in [0.15, 0.2) is 4.99 Å². The number of nitrogens with two attached hydrogens (primary N) is 6. The molecule has 3 fully saturated rings. The van der Waals surface area contributed by atoms with Crippen LogP contribution in [0.5, 0.6) is 0 Å². The zero-order valence-electron chi connectivity index (χ0n) is 46.4. The SMILES string of the molecule is CC(C)[C@@H]1NC(=O)[C@H](CCCCN)NC(=O)[C@H](C)NC(=O)[C@@H]2CCCN2C(=O)[C@H]2CCCN2C(=O)[C@H](C)NC(=O)[C@H](CCCCN)NC(=O)[C@H](CCCCN)NC(=O)[C@H](CCCCN)NC(=O)[C@H](CCCN=C(N)N)NC1=O. The van der Waals surface area contributed by atoms with E-state index in [0.29, 0.717) is 83.7 Å². The fourth-order valence-corrected chi connectivity index (χ4v) is 9.76. The van der Waals surface area contributed by atoms with Crippen molar-refractivity contribution in [2.24, 2.45) is 45.3 Å². The zero-order valence-corrected chi connectivity index (χ0v) is 46.4. The van der Waals surface area contributed by atoms with Crippen molar-refractivity contribution in [3.8, 4) is 0 Å². The minimum atomic E-state index is -1.31. The highest BCUT2D eigenvalue weighted by atomic mass is 16.2. The summed E-state index contributed by atoms with van der Waals surface area (Å²) in [7, 11) is 0. The monoisotopic (exact) mass is 1100 g/mol. The Bertz CT molecular complexity index is 2040. The van der Waals surface area contributed by atoms with Gasteiger partial charge < -0.3 is 86.7 Å². The van der Waals surface area contributed by atoms with Crippen LogP contribution in [-0.2, 0) is 47.9 Å². The first-order chi connectivity index (χ1) is 37.2. The maximum atomic E-state index is 14.4. The van der Waals surface area contributed by atoms with E-state index in [9.17, 15) is 47.9 Å². The molecule has 0 aromatic heterocycles. The lowest BCUT2D eigenvalue weighted by Crippen LogP contribution is -2.61. The Labute approximate surface area is 458 Å². The smallest absolute Gasteiger partial charge is 0.246 e. The maximum absolute atomic E-state index is 14.4. The van der Waals surface area contributed by atoms with E-state index in [2.05, 4.69) is 47.5 Å². The number of hydrogen-bond acceptors (Lipinski definition) is 15. The Morgan fingerprint density at radius 2 is 0.808 bits per heavy atom. The summed E-state index contributed by atoms with van der Waals surface area (Å²) in [6, 6.07) is -11.7. The molecule has 0 unspecified atom stereocenters. The molecule has 3 saturated heterocycles. The molecule has 0 radical (unpaired) electrons. The Balaban J connectivity index is 2.14. The van der Waals surface area contributed by atoms with E-state index < -0.39 is 125 Å². The molecule has 3 aliphatic rings. The van der Waals surface area contributed by atoms with E-state index in [1.807, 2.05) is 0 Å². The normalized spacial score (nSPS) is 27.1. The summed E-state index contributed by atoms with van der Waals surface area (Å²) >= 11 is 0. The highest BCUT2D eigenvalue weighted by molar-refractivity contribution is 5.99. The lowest BCUT2D eigenvalue weighted by atomic mass is 10.00. The molecule has 0 bridgehead atoms. The molecule has 3 rings (SSSR count). The summed E-state index contributed by atoms with van der Waals surface area (Å²) in [4.78, 5) is 149. The quantitative estimate of drug-likeness (QED) is 0.0297. The summed E-state index contributed by atoms with van der Waals surface area (Å²) in [5, 5.41) is 22.0. The van der Waals surface area contributed by atoms with Gasteiger partial charge in [0.1, 0.15) is 60.4 Å².